The Bertz CT molecular complexity index is 1330. The number of nitrogens with zero attached hydrogens (tertiary/aromatic N) is 1. The third-order valence-electron chi connectivity index (χ3n) is 9.25. The standard InChI is InChI=1S/C51H81NO7/c1-6-8-10-12-14-16-18-20-21-22-23-24-25-26-27-28-30-31-33-35-37-39-41-49(53)58-46-47(45-57-44-43-48(51(55)56)52(3,4)5)59-50(54)42-40-38-36-34-32-29-19-17-15-13-11-9-7-2/h8-11,13-17,19-21,23-24,26-27,29,32,47-48H,6-7,12,18,22,25,28,30-31,33-46H2,1-5H3/b10-8+,11-9+,15-13+,16-14+,19-17+,21-20+,24-23+,27-26+,32-29+. The summed E-state index contributed by atoms with van der Waals surface area (Å²) in [5.41, 5.74) is 0. The lowest BCUT2D eigenvalue weighted by atomic mass is 10.1. The number of likely N-dealkylation sites (N-methyl/N-ethyl adjacent to an activating group) is 1. The van der Waals surface area contributed by atoms with Crippen LogP contribution in [-0.4, -0.2) is 75.5 Å². The van der Waals surface area contributed by atoms with Crippen LogP contribution in [0.25, 0.3) is 0 Å². The summed E-state index contributed by atoms with van der Waals surface area (Å²) in [7, 11) is 5.37. The number of carbonyl (C=O) groups is 3. The molecular weight excluding hydrogens is 739 g/mol. The molecule has 0 saturated carbocycles. The molecule has 0 rings (SSSR count). The topological polar surface area (TPSA) is 102 Å². The van der Waals surface area contributed by atoms with Crippen molar-refractivity contribution in [1.82, 2.24) is 0 Å². The Balaban J connectivity index is 4.39. The Kier molecular flexibility index (Phi) is 38.0. The summed E-state index contributed by atoms with van der Waals surface area (Å²) >= 11 is 0. The average molecular weight is 820 g/mol. The fourth-order valence-electron chi connectivity index (χ4n) is 5.81. The van der Waals surface area contributed by atoms with Crippen molar-refractivity contribution in [2.45, 2.75) is 154 Å². The second-order valence-corrected chi connectivity index (χ2v) is 15.6. The van der Waals surface area contributed by atoms with Gasteiger partial charge < -0.3 is 28.6 Å². The Morgan fingerprint density at radius 2 is 0.983 bits per heavy atom. The molecule has 0 spiro atoms. The molecule has 0 amide bonds. The van der Waals surface area contributed by atoms with Gasteiger partial charge in [-0.3, -0.25) is 9.59 Å². The summed E-state index contributed by atoms with van der Waals surface area (Å²) in [4.78, 5) is 36.9. The van der Waals surface area contributed by atoms with Gasteiger partial charge in [-0.25, -0.2) is 0 Å². The first kappa shape index (κ1) is 55.0. The first-order chi connectivity index (χ1) is 28.6. The number of unbranched alkanes of at least 4 members (excludes halogenated alkanes) is 9. The maximum absolute atomic E-state index is 12.7. The van der Waals surface area contributed by atoms with E-state index in [1.807, 2.05) is 36.5 Å². The number of carboxylic acid groups (broad SMARTS) is 1. The van der Waals surface area contributed by atoms with Crippen LogP contribution < -0.4 is 5.11 Å². The molecule has 0 aromatic rings. The minimum absolute atomic E-state index is 0.0119. The number of hydrogen-bond acceptors (Lipinski definition) is 7. The molecule has 2 unspecified atom stereocenters. The smallest absolute Gasteiger partial charge is 0.306 e. The first-order valence-electron chi connectivity index (χ1n) is 22.5. The first-order valence-corrected chi connectivity index (χ1v) is 22.5. The van der Waals surface area contributed by atoms with E-state index in [1.54, 1.807) is 21.1 Å². The molecule has 332 valence electrons. The number of aliphatic carboxylic acids is 1. The summed E-state index contributed by atoms with van der Waals surface area (Å²) in [6.45, 7) is 4.32. The van der Waals surface area contributed by atoms with Crippen LogP contribution in [0.3, 0.4) is 0 Å². The van der Waals surface area contributed by atoms with Crippen LogP contribution >= 0.6 is 0 Å². The van der Waals surface area contributed by atoms with Gasteiger partial charge in [0.1, 0.15) is 12.6 Å². The Morgan fingerprint density at radius 3 is 1.54 bits per heavy atom. The minimum Gasteiger partial charge on any atom is -0.544 e. The zero-order valence-corrected chi connectivity index (χ0v) is 37.6. The normalized spacial score (nSPS) is 14.0. The van der Waals surface area contributed by atoms with Gasteiger partial charge in [0.2, 0.25) is 0 Å². The lowest BCUT2D eigenvalue weighted by Crippen LogP contribution is -2.55. The monoisotopic (exact) mass is 820 g/mol. The quantitative estimate of drug-likeness (QED) is 0.0201. The highest BCUT2D eigenvalue weighted by Crippen LogP contribution is 2.12. The molecule has 0 aliphatic carbocycles. The molecule has 8 heteroatoms. The molecule has 0 aliphatic rings. The van der Waals surface area contributed by atoms with E-state index in [0.717, 1.165) is 89.9 Å². The van der Waals surface area contributed by atoms with E-state index in [9.17, 15) is 19.5 Å². The molecule has 0 radical (unpaired) electrons. The molecule has 0 fully saturated rings. The van der Waals surface area contributed by atoms with E-state index < -0.39 is 18.1 Å². The number of allylic oxidation sites excluding steroid dienone is 18. The summed E-state index contributed by atoms with van der Waals surface area (Å²) in [5.74, 6) is -1.82. The van der Waals surface area contributed by atoms with Crippen molar-refractivity contribution in [2.24, 2.45) is 0 Å². The zero-order chi connectivity index (χ0) is 43.5. The SMILES string of the molecule is CC/C=C/C=C/C=C/C=C/CCCCCC(=O)OC(COCCC(C(=O)[O-])[N+](C)(C)C)COC(=O)CCCCCCCC/C=C/C/C=C/C/C=C/C/C=C/C/C=C/CC. The molecular formula is C51H81NO7. The molecule has 0 aliphatic heterocycles. The lowest BCUT2D eigenvalue weighted by Gasteiger charge is -2.34. The van der Waals surface area contributed by atoms with E-state index in [-0.39, 0.29) is 49.1 Å². The molecule has 0 heterocycles. The third-order valence-corrected chi connectivity index (χ3v) is 9.25. The summed E-state index contributed by atoms with van der Waals surface area (Å²) in [6.07, 6.45) is 55.5. The van der Waals surface area contributed by atoms with Crippen molar-refractivity contribution in [1.29, 1.82) is 0 Å². The molecule has 0 aromatic heterocycles. The number of carboxylic acids is 1. The van der Waals surface area contributed by atoms with Crippen molar-refractivity contribution in [3.63, 3.8) is 0 Å². The van der Waals surface area contributed by atoms with E-state index in [4.69, 9.17) is 14.2 Å². The zero-order valence-electron chi connectivity index (χ0n) is 37.6. The van der Waals surface area contributed by atoms with Gasteiger partial charge in [0.25, 0.3) is 0 Å². The van der Waals surface area contributed by atoms with Crippen LogP contribution in [0, 0.1) is 0 Å². The Morgan fingerprint density at radius 1 is 0.525 bits per heavy atom. The summed E-state index contributed by atoms with van der Waals surface area (Å²) < 4.78 is 17.1. The van der Waals surface area contributed by atoms with E-state index in [1.165, 1.54) is 12.8 Å². The number of carbonyl (C=O) groups excluding carboxylic acids is 3. The molecule has 0 saturated heterocycles. The summed E-state index contributed by atoms with van der Waals surface area (Å²) in [5, 5.41) is 11.6. The Labute approximate surface area is 359 Å². The van der Waals surface area contributed by atoms with Crippen LogP contribution in [0.2, 0.25) is 0 Å². The highest BCUT2D eigenvalue weighted by Gasteiger charge is 2.25. The van der Waals surface area contributed by atoms with E-state index >= 15 is 0 Å². The number of hydrogen-bond donors (Lipinski definition) is 0. The average Bonchev–Trinajstić information content (AvgIpc) is 3.19. The van der Waals surface area contributed by atoms with Gasteiger partial charge >= 0.3 is 11.9 Å². The fraction of sp³-hybridized carbons (Fsp3) is 0.588. The number of ether oxygens (including phenoxy) is 3. The van der Waals surface area contributed by atoms with Crippen molar-refractivity contribution in [3.8, 4) is 0 Å². The molecule has 2 atom stereocenters. The van der Waals surface area contributed by atoms with Crippen LogP contribution in [0.1, 0.15) is 142 Å². The van der Waals surface area contributed by atoms with Crippen LogP contribution in [0.5, 0.6) is 0 Å². The molecule has 0 aromatic carbocycles. The second-order valence-electron chi connectivity index (χ2n) is 15.6. The predicted molar refractivity (Wildman–Crippen MR) is 244 cm³/mol. The van der Waals surface area contributed by atoms with Crippen LogP contribution in [-0.2, 0) is 28.6 Å². The van der Waals surface area contributed by atoms with Gasteiger partial charge in [-0.15, -0.1) is 0 Å². The van der Waals surface area contributed by atoms with Crippen LogP contribution in [0.4, 0.5) is 0 Å². The van der Waals surface area contributed by atoms with Gasteiger partial charge in [-0.1, -0.05) is 155 Å². The maximum Gasteiger partial charge on any atom is 0.306 e. The molecule has 8 nitrogen and oxygen atoms in total. The third kappa shape index (κ3) is 39.2. The van der Waals surface area contributed by atoms with Crippen molar-refractivity contribution < 1.29 is 38.2 Å². The summed E-state index contributed by atoms with van der Waals surface area (Å²) in [6, 6.07) is -0.742. The Hall–Kier alpha value is -4.01. The largest absolute Gasteiger partial charge is 0.544 e. The van der Waals surface area contributed by atoms with Crippen molar-refractivity contribution >= 4 is 17.9 Å². The minimum atomic E-state index is -1.14. The number of rotatable bonds is 38. The number of esters is 2. The highest BCUT2D eigenvalue weighted by atomic mass is 16.6. The van der Waals surface area contributed by atoms with Gasteiger partial charge in [0, 0.05) is 19.3 Å². The van der Waals surface area contributed by atoms with Gasteiger partial charge in [-0.2, -0.15) is 0 Å². The highest BCUT2D eigenvalue weighted by molar-refractivity contribution is 5.70. The predicted octanol–water partition coefficient (Wildman–Crippen LogP) is 11.1. The van der Waals surface area contributed by atoms with Crippen LogP contribution in [0.15, 0.2) is 109 Å². The van der Waals surface area contributed by atoms with Crippen molar-refractivity contribution in [2.75, 3.05) is 41.0 Å². The molecule has 59 heavy (non-hydrogen) atoms. The molecule has 0 N–H and O–H groups in total. The maximum atomic E-state index is 12.7. The van der Waals surface area contributed by atoms with Gasteiger partial charge in [0.05, 0.1) is 40.3 Å². The lowest BCUT2D eigenvalue weighted by molar-refractivity contribution is -0.889. The van der Waals surface area contributed by atoms with E-state index in [2.05, 4.69) is 86.8 Å². The molecule has 0 bridgehead atoms. The van der Waals surface area contributed by atoms with E-state index in [0.29, 0.717) is 12.8 Å². The van der Waals surface area contributed by atoms with Crippen molar-refractivity contribution in [3.05, 3.63) is 109 Å². The van der Waals surface area contributed by atoms with Gasteiger partial charge in [-0.05, 0) is 77.0 Å². The number of quaternary nitrogens is 1. The fourth-order valence-corrected chi connectivity index (χ4v) is 5.81. The second kappa shape index (κ2) is 40.8. The van der Waals surface area contributed by atoms with Gasteiger partial charge in [0.15, 0.2) is 6.10 Å².